The maximum absolute atomic E-state index is 12.6. The van der Waals surface area contributed by atoms with Gasteiger partial charge in [-0.1, -0.05) is 41.7 Å². The first-order valence-electron chi connectivity index (χ1n) is 7.74. The van der Waals surface area contributed by atoms with E-state index in [2.05, 4.69) is 0 Å². The molecule has 0 saturated heterocycles. The van der Waals surface area contributed by atoms with Crippen LogP contribution in [0, 0.1) is 0 Å². The quantitative estimate of drug-likeness (QED) is 0.723. The molecule has 0 saturated carbocycles. The largest absolute Gasteiger partial charge is 0.497 e. The zero-order valence-corrected chi connectivity index (χ0v) is 14.7. The number of methoxy groups -OCH3 is 1. The predicted octanol–water partition coefficient (Wildman–Crippen LogP) is 2.11. The first-order valence-corrected chi connectivity index (χ1v) is 8.55. The van der Waals surface area contributed by atoms with E-state index in [9.17, 15) is 9.59 Å². The van der Waals surface area contributed by atoms with Gasteiger partial charge in [0, 0.05) is 11.8 Å². The maximum Gasteiger partial charge on any atom is 0.258 e. The molecule has 0 fully saturated rings. The lowest BCUT2D eigenvalue weighted by Gasteiger charge is -2.04. The highest BCUT2D eigenvalue weighted by atomic mass is 32.1. The minimum Gasteiger partial charge on any atom is -0.497 e. The summed E-state index contributed by atoms with van der Waals surface area (Å²) >= 11 is 1.07. The molecule has 0 spiro atoms. The van der Waals surface area contributed by atoms with Crippen molar-refractivity contribution >= 4 is 29.3 Å². The van der Waals surface area contributed by atoms with E-state index in [1.165, 1.54) is 13.0 Å². The zero-order valence-electron chi connectivity index (χ0n) is 13.9. The van der Waals surface area contributed by atoms with Crippen molar-refractivity contribution in [3.63, 3.8) is 0 Å². The van der Waals surface area contributed by atoms with E-state index in [0.717, 1.165) is 28.3 Å². The molecular formula is C20H17NO3S. The van der Waals surface area contributed by atoms with Gasteiger partial charge in [0.15, 0.2) is 5.78 Å². The molecule has 0 amide bonds. The van der Waals surface area contributed by atoms with Crippen molar-refractivity contribution in [3.05, 3.63) is 79.7 Å². The highest BCUT2D eigenvalue weighted by Crippen LogP contribution is 2.11. The van der Waals surface area contributed by atoms with Crippen molar-refractivity contribution in [2.45, 2.75) is 6.92 Å². The van der Waals surface area contributed by atoms with E-state index in [4.69, 9.17) is 4.74 Å². The lowest BCUT2D eigenvalue weighted by molar-refractivity contribution is -0.111. The van der Waals surface area contributed by atoms with Crippen molar-refractivity contribution in [1.29, 1.82) is 0 Å². The minimum atomic E-state index is -0.0954. The molecule has 0 N–H and O–H groups in total. The van der Waals surface area contributed by atoms with Gasteiger partial charge in [-0.25, -0.2) is 0 Å². The Morgan fingerprint density at radius 3 is 2.36 bits per heavy atom. The van der Waals surface area contributed by atoms with Gasteiger partial charge in [-0.15, -0.1) is 0 Å². The van der Waals surface area contributed by atoms with Crippen molar-refractivity contribution in [3.8, 4) is 11.4 Å². The third-order valence-corrected chi connectivity index (χ3v) is 4.53. The van der Waals surface area contributed by atoms with Crippen LogP contribution in [0.5, 0.6) is 5.75 Å². The fourth-order valence-electron chi connectivity index (χ4n) is 2.50. The molecule has 0 aliphatic rings. The second kappa shape index (κ2) is 7.32. The first kappa shape index (κ1) is 16.9. The number of hydrogen-bond acceptors (Lipinski definition) is 4. The number of hydrogen-bond donors (Lipinski definition) is 0. The second-order valence-electron chi connectivity index (χ2n) is 5.46. The number of aromatic nitrogens is 1. The van der Waals surface area contributed by atoms with Gasteiger partial charge >= 0.3 is 0 Å². The summed E-state index contributed by atoms with van der Waals surface area (Å²) in [6.45, 7) is 1.48. The Morgan fingerprint density at radius 2 is 1.76 bits per heavy atom. The van der Waals surface area contributed by atoms with E-state index >= 15 is 0 Å². The van der Waals surface area contributed by atoms with Crippen LogP contribution in [0.25, 0.3) is 17.8 Å². The normalized spacial score (nSPS) is 12.4. The van der Waals surface area contributed by atoms with Gasteiger partial charge in [0.25, 0.3) is 4.74 Å². The Kier molecular flexibility index (Phi) is 4.95. The van der Waals surface area contributed by atoms with E-state index in [1.54, 1.807) is 7.11 Å². The number of benzene rings is 2. The maximum atomic E-state index is 12.6. The Labute approximate surface area is 148 Å². The average Bonchev–Trinajstić information content (AvgIpc) is 2.91. The number of carbonyl (C=O) groups is 1. The highest BCUT2D eigenvalue weighted by molar-refractivity contribution is 7.07. The predicted molar refractivity (Wildman–Crippen MR) is 101 cm³/mol. The number of Topliss-reactive ketones (excluding diaryl/α,β-unsaturated/α-hetero) is 1. The molecular weight excluding hydrogens is 334 g/mol. The smallest absolute Gasteiger partial charge is 0.258 e. The van der Waals surface area contributed by atoms with Gasteiger partial charge in [-0.05, 0) is 42.8 Å². The fraction of sp³-hybridized carbons (Fsp3) is 0.100. The van der Waals surface area contributed by atoms with Crippen molar-refractivity contribution in [1.82, 2.24) is 4.57 Å². The van der Waals surface area contributed by atoms with Gasteiger partial charge in [0.2, 0.25) is 0 Å². The molecule has 0 aliphatic carbocycles. The van der Waals surface area contributed by atoms with E-state index in [-0.39, 0.29) is 10.5 Å². The molecule has 3 aromatic rings. The van der Waals surface area contributed by atoms with Crippen molar-refractivity contribution in [2.75, 3.05) is 7.11 Å². The van der Waals surface area contributed by atoms with Crippen LogP contribution in [0.3, 0.4) is 0 Å². The Balaban J connectivity index is 2.29. The summed E-state index contributed by atoms with van der Waals surface area (Å²) in [5, 5.41) is 0.522. The van der Waals surface area contributed by atoms with Crippen molar-refractivity contribution < 1.29 is 9.53 Å². The summed E-state index contributed by atoms with van der Waals surface area (Å²) in [7, 11) is 1.61. The summed E-state index contributed by atoms with van der Waals surface area (Å²) < 4.78 is 7.50. The molecule has 25 heavy (non-hydrogen) atoms. The van der Waals surface area contributed by atoms with Crippen LogP contribution in [0.4, 0.5) is 0 Å². The molecule has 126 valence electrons. The lowest BCUT2D eigenvalue weighted by Crippen LogP contribution is -2.31. The highest BCUT2D eigenvalue weighted by Gasteiger charge is 2.07. The van der Waals surface area contributed by atoms with Gasteiger partial charge in [0.1, 0.15) is 15.8 Å². The van der Waals surface area contributed by atoms with E-state index in [1.807, 2.05) is 65.2 Å². The third kappa shape index (κ3) is 3.78. The molecule has 0 aliphatic heterocycles. The van der Waals surface area contributed by atoms with Crippen LogP contribution in [-0.2, 0) is 4.79 Å². The Morgan fingerprint density at radius 1 is 1.08 bits per heavy atom. The molecule has 2 aromatic carbocycles. The number of para-hydroxylation sites is 1. The topological polar surface area (TPSA) is 48.3 Å². The molecule has 1 heterocycles. The molecule has 0 bridgehead atoms. The van der Waals surface area contributed by atoms with Crippen LogP contribution in [0.1, 0.15) is 12.5 Å². The number of ether oxygens (including phenoxy) is 1. The standard InChI is InChI=1S/C20H17NO3S/c1-14(22)12-19-21(16-6-4-3-5-7-16)18(20(23)25-19)13-15-8-10-17(24-2)11-9-15/h3-13H,1-2H3/b18-13+,19-12-. The molecule has 0 radical (unpaired) electrons. The van der Waals surface area contributed by atoms with Crippen LogP contribution in [0.2, 0.25) is 0 Å². The number of nitrogens with zero attached hydrogens (tertiary/aromatic N) is 1. The average molecular weight is 351 g/mol. The fourth-order valence-corrected chi connectivity index (χ4v) is 3.46. The molecule has 0 atom stereocenters. The third-order valence-electron chi connectivity index (χ3n) is 3.63. The lowest BCUT2D eigenvalue weighted by atomic mass is 10.2. The summed E-state index contributed by atoms with van der Waals surface area (Å²) in [4.78, 5) is 24.1. The summed E-state index contributed by atoms with van der Waals surface area (Å²) in [6, 6.07) is 17.0. The van der Waals surface area contributed by atoms with E-state index in [0.29, 0.717) is 10.0 Å². The number of rotatable bonds is 4. The summed E-state index contributed by atoms with van der Waals surface area (Å²) in [6.07, 6.45) is 3.31. The summed E-state index contributed by atoms with van der Waals surface area (Å²) in [5.74, 6) is 0.660. The first-order chi connectivity index (χ1) is 12.1. The Hall–Kier alpha value is -2.92. The Bertz CT molecular complexity index is 1060. The van der Waals surface area contributed by atoms with Crippen molar-refractivity contribution in [2.24, 2.45) is 0 Å². The molecule has 0 unspecified atom stereocenters. The SMILES string of the molecule is COc1ccc(/C=c2\c(=O)s/c(=C\C(C)=O)n2-c2ccccc2)cc1. The van der Waals surface area contributed by atoms with Crippen LogP contribution in [-0.4, -0.2) is 17.5 Å². The number of thiazole rings is 1. The van der Waals surface area contributed by atoms with Gasteiger partial charge < -0.3 is 4.74 Å². The van der Waals surface area contributed by atoms with Crippen LogP contribution >= 0.6 is 11.3 Å². The molecule has 5 heteroatoms. The molecule has 3 rings (SSSR count). The van der Waals surface area contributed by atoms with Gasteiger partial charge in [0.05, 0.1) is 7.11 Å². The van der Waals surface area contributed by atoms with Gasteiger partial charge in [-0.2, -0.15) is 0 Å². The molecule has 1 aromatic heterocycles. The van der Waals surface area contributed by atoms with E-state index < -0.39 is 0 Å². The van der Waals surface area contributed by atoms with Gasteiger partial charge in [-0.3, -0.25) is 14.2 Å². The second-order valence-corrected chi connectivity index (χ2v) is 6.45. The minimum absolute atomic E-state index is 0.0906. The summed E-state index contributed by atoms with van der Waals surface area (Å²) in [5.41, 5.74) is 1.72. The van der Waals surface area contributed by atoms with Crippen LogP contribution < -0.4 is 19.5 Å². The molecule has 4 nitrogen and oxygen atoms in total. The van der Waals surface area contributed by atoms with Crippen LogP contribution in [0.15, 0.2) is 59.4 Å². The zero-order chi connectivity index (χ0) is 17.8. The monoisotopic (exact) mass is 351 g/mol. The number of carbonyl (C=O) groups excluding carboxylic acids is 1. The number of ketones is 1.